The second-order valence-corrected chi connectivity index (χ2v) is 7.49. The van der Waals surface area contributed by atoms with Crippen LogP contribution in [-0.2, 0) is 0 Å². The molecule has 0 aliphatic carbocycles. The standard InChI is InChI=1S/C20H42/c1-6-9-12-13-14-15-17-19(16-10-7-2)20(4,5)18-11-8-3/h19H,6-18H2,1-5H3. The first-order valence-corrected chi connectivity index (χ1v) is 9.58. The molecular weight excluding hydrogens is 240 g/mol. The Balaban J connectivity index is 4.06. The Hall–Kier alpha value is 0. The number of rotatable bonds is 14. The molecule has 0 aliphatic heterocycles. The zero-order valence-electron chi connectivity index (χ0n) is 15.3. The van der Waals surface area contributed by atoms with Crippen LogP contribution in [0.1, 0.15) is 118 Å². The molecule has 0 N–H and O–H groups in total. The summed E-state index contributed by atoms with van der Waals surface area (Å²) in [6.45, 7) is 12.0. The smallest absolute Gasteiger partial charge is 0.0326 e. The van der Waals surface area contributed by atoms with Gasteiger partial charge in [-0.1, -0.05) is 98.8 Å². The Morgan fingerprint density at radius 1 is 0.600 bits per heavy atom. The lowest BCUT2D eigenvalue weighted by molar-refractivity contribution is 0.160. The van der Waals surface area contributed by atoms with Crippen molar-refractivity contribution in [2.45, 2.75) is 118 Å². The third-order valence-electron chi connectivity index (χ3n) is 5.09. The molecule has 0 saturated heterocycles. The summed E-state index contributed by atoms with van der Waals surface area (Å²) in [5.74, 6) is 0.958. The predicted molar refractivity (Wildman–Crippen MR) is 94.3 cm³/mol. The van der Waals surface area contributed by atoms with E-state index in [9.17, 15) is 0 Å². The van der Waals surface area contributed by atoms with Crippen LogP contribution >= 0.6 is 0 Å². The average Bonchev–Trinajstić information content (AvgIpc) is 2.43. The van der Waals surface area contributed by atoms with Crippen molar-refractivity contribution < 1.29 is 0 Å². The van der Waals surface area contributed by atoms with E-state index >= 15 is 0 Å². The highest BCUT2D eigenvalue weighted by molar-refractivity contribution is 4.78. The molecule has 0 radical (unpaired) electrons. The van der Waals surface area contributed by atoms with Gasteiger partial charge in [0.2, 0.25) is 0 Å². The van der Waals surface area contributed by atoms with Crippen molar-refractivity contribution in [2.24, 2.45) is 11.3 Å². The van der Waals surface area contributed by atoms with Crippen LogP contribution in [0.3, 0.4) is 0 Å². The van der Waals surface area contributed by atoms with E-state index in [0.717, 1.165) is 5.92 Å². The van der Waals surface area contributed by atoms with Gasteiger partial charge in [0.25, 0.3) is 0 Å². The summed E-state index contributed by atoms with van der Waals surface area (Å²) < 4.78 is 0. The van der Waals surface area contributed by atoms with E-state index in [-0.39, 0.29) is 0 Å². The molecule has 20 heavy (non-hydrogen) atoms. The summed E-state index contributed by atoms with van der Waals surface area (Å²) in [5, 5.41) is 0. The van der Waals surface area contributed by atoms with Gasteiger partial charge in [-0.3, -0.25) is 0 Å². The Morgan fingerprint density at radius 2 is 1.10 bits per heavy atom. The van der Waals surface area contributed by atoms with E-state index in [4.69, 9.17) is 0 Å². The molecule has 0 heterocycles. The molecule has 0 fully saturated rings. The fourth-order valence-electron chi connectivity index (χ4n) is 3.38. The molecule has 1 unspecified atom stereocenters. The molecule has 0 amide bonds. The van der Waals surface area contributed by atoms with E-state index in [1.54, 1.807) is 0 Å². The predicted octanol–water partition coefficient (Wildman–Crippen LogP) is 7.76. The SMILES string of the molecule is CCCCCCCCC(CCCC)C(C)(C)CCCC. The molecule has 0 aromatic rings. The van der Waals surface area contributed by atoms with E-state index < -0.39 is 0 Å². The molecule has 0 aromatic carbocycles. The van der Waals surface area contributed by atoms with E-state index in [2.05, 4.69) is 34.6 Å². The third kappa shape index (κ3) is 9.83. The van der Waals surface area contributed by atoms with Crippen molar-refractivity contribution in [2.75, 3.05) is 0 Å². The topological polar surface area (TPSA) is 0 Å². The van der Waals surface area contributed by atoms with Crippen LogP contribution in [0.15, 0.2) is 0 Å². The highest BCUT2D eigenvalue weighted by Gasteiger charge is 2.27. The van der Waals surface area contributed by atoms with Gasteiger partial charge in [0.05, 0.1) is 0 Å². The highest BCUT2D eigenvalue weighted by atomic mass is 14.3. The van der Waals surface area contributed by atoms with Crippen molar-refractivity contribution >= 4 is 0 Å². The lowest BCUT2D eigenvalue weighted by atomic mass is 9.71. The minimum Gasteiger partial charge on any atom is -0.0654 e. The van der Waals surface area contributed by atoms with Crippen LogP contribution in [0, 0.1) is 11.3 Å². The van der Waals surface area contributed by atoms with Crippen LogP contribution in [0.4, 0.5) is 0 Å². The Morgan fingerprint density at radius 3 is 1.70 bits per heavy atom. The lowest BCUT2D eigenvalue weighted by Gasteiger charge is -2.35. The monoisotopic (exact) mass is 282 g/mol. The van der Waals surface area contributed by atoms with E-state index in [1.165, 1.54) is 83.5 Å². The van der Waals surface area contributed by atoms with E-state index in [1.807, 2.05) is 0 Å². The molecule has 0 spiro atoms. The van der Waals surface area contributed by atoms with Gasteiger partial charge in [-0.2, -0.15) is 0 Å². The Labute approximate surface area is 130 Å². The third-order valence-corrected chi connectivity index (χ3v) is 5.09. The number of unbranched alkanes of at least 4 members (excludes halogenated alkanes) is 7. The zero-order valence-corrected chi connectivity index (χ0v) is 15.3. The summed E-state index contributed by atoms with van der Waals surface area (Å²) in [7, 11) is 0. The van der Waals surface area contributed by atoms with Gasteiger partial charge in [0.15, 0.2) is 0 Å². The molecule has 1 atom stereocenters. The maximum atomic E-state index is 2.53. The van der Waals surface area contributed by atoms with Gasteiger partial charge < -0.3 is 0 Å². The molecule has 0 heteroatoms. The fraction of sp³-hybridized carbons (Fsp3) is 1.00. The van der Waals surface area contributed by atoms with Crippen molar-refractivity contribution in [3.63, 3.8) is 0 Å². The average molecular weight is 283 g/mol. The van der Waals surface area contributed by atoms with Gasteiger partial charge in [-0.15, -0.1) is 0 Å². The van der Waals surface area contributed by atoms with Crippen LogP contribution in [0.25, 0.3) is 0 Å². The molecule has 0 aromatic heterocycles. The molecular formula is C20H42. The molecule has 122 valence electrons. The number of hydrogen-bond acceptors (Lipinski definition) is 0. The Kier molecular flexibility index (Phi) is 12.7. The largest absolute Gasteiger partial charge is 0.0654 e. The van der Waals surface area contributed by atoms with Crippen LogP contribution in [0.5, 0.6) is 0 Å². The maximum Gasteiger partial charge on any atom is -0.0326 e. The fourth-order valence-corrected chi connectivity index (χ4v) is 3.38. The minimum absolute atomic E-state index is 0.564. The van der Waals surface area contributed by atoms with Gasteiger partial charge in [-0.25, -0.2) is 0 Å². The summed E-state index contributed by atoms with van der Waals surface area (Å²) in [6.07, 6.45) is 18.5. The van der Waals surface area contributed by atoms with Crippen LogP contribution < -0.4 is 0 Å². The van der Waals surface area contributed by atoms with E-state index in [0.29, 0.717) is 5.41 Å². The molecule has 0 rings (SSSR count). The van der Waals surface area contributed by atoms with Crippen molar-refractivity contribution in [3.8, 4) is 0 Å². The van der Waals surface area contributed by atoms with Gasteiger partial charge in [0.1, 0.15) is 0 Å². The summed E-state index contributed by atoms with van der Waals surface area (Å²) >= 11 is 0. The first-order valence-electron chi connectivity index (χ1n) is 9.58. The molecule has 0 bridgehead atoms. The van der Waals surface area contributed by atoms with Gasteiger partial charge in [0, 0.05) is 0 Å². The van der Waals surface area contributed by atoms with Crippen LogP contribution in [0.2, 0.25) is 0 Å². The zero-order chi connectivity index (χ0) is 15.3. The second kappa shape index (κ2) is 12.7. The van der Waals surface area contributed by atoms with Crippen molar-refractivity contribution in [1.82, 2.24) is 0 Å². The highest BCUT2D eigenvalue weighted by Crippen LogP contribution is 2.39. The first kappa shape index (κ1) is 20.0. The van der Waals surface area contributed by atoms with Crippen molar-refractivity contribution in [3.05, 3.63) is 0 Å². The summed E-state index contributed by atoms with van der Waals surface area (Å²) in [5.41, 5.74) is 0.564. The molecule has 0 saturated carbocycles. The normalized spacial score (nSPS) is 13.7. The van der Waals surface area contributed by atoms with Crippen molar-refractivity contribution in [1.29, 1.82) is 0 Å². The second-order valence-electron chi connectivity index (χ2n) is 7.49. The summed E-state index contributed by atoms with van der Waals surface area (Å²) in [6, 6.07) is 0. The number of hydrogen-bond donors (Lipinski definition) is 0. The molecule has 0 aliphatic rings. The Bertz CT molecular complexity index is 192. The van der Waals surface area contributed by atoms with Gasteiger partial charge >= 0.3 is 0 Å². The van der Waals surface area contributed by atoms with Gasteiger partial charge in [-0.05, 0) is 30.6 Å². The summed E-state index contributed by atoms with van der Waals surface area (Å²) in [4.78, 5) is 0. The quantitative estimate of drug-likeness (QED) is 0.285. The minimum atomic E-state index is 0.564. The molecule has 0 nitrogen and oxygen atoms in total. The lowest BCUT2D eigenvalue weighted by Crippen LogP contribution is -2.24. The maximum absolute atomic E-state index is 2.53. The first-order chi connectivity index (χ1) is 9.58. The van der Waals surface area contributed by atoms with Crippen LogP contribution in [-0.4, -0.2) is 0 Å².